The van der Waals surface area contributed by atoms with Crippen molar-refractivity contribution >= 4 is 16.7 Å². The first-order chi connectivity index (χ1) is 15.4. The molecular weight excluding hydrogens is 494 g/mol. The summed E-state index contributed by atoms with van der Waals surface area (Å²) in [6, 6.07) is 3.02. The van der Waals surface area contributed by atoms with Crippen LogP contribution in [-0.2, 0) is 18.4 Å². The van der Waals surface area contributed by atoms with E-state index < -0.39 is 58.2 Å². The molecule has 0 spiro atoms. The number of fused-ring (bicyclic) bond motifs is 1. The molecule has 0 amide bonds. The maximum atomic E-state index is 14.4. The molecule has 0 saturated carbocycles. The number of alkyl halides is 10. The number of hydrogen-bond donors (Lipinski definition) is 0. The number of aryl methyl sites for hydroxylation is 1. The van der Waals surface area contributed by atoms with E-state index in [1.807, 2.05) is 0 Å². The molecule has 0 aliphatic carbocycles. The number of hydrogen-bond acceptors (Lipinski definition) is 4. The van der Waals surface area contributed by atoms with Crippen LogP contribution in [0.5, 0.6) is 0 Å². The van der Waals surface area contributed by atoms with E-state index >= 15 is 0 Å². The highest BCUT2D eigenvalue weighted by atomic mass is 19.4. The lowest BCUT2D eigenvalue weighted by molar-refractivity contribution is -0.385. The molecular formula is C18H10F10N4O2. The Hall–Kier alpha value is -3.46. The molecule has 0 unspecified atom stereocenters. The van der Waals surface area contributed by atoms with Gasteiger partial charge in [0.2, 0.25) is 5.82 Å². The average molecular weight is 504 g/mol. The minimum atomic E-state index is -6.53. The Morgan fingerprint density at radius 2 is 1.56 bits per heavy atom. The van der Waals surface area contributed by atoms with Crippen molar-refractivity contribution < 1.29 is 48.8 Å². The molecule has 3 rings (SSSR count). The van der Waals surface area contributed by atoms with Crippen molar-refractivity contribution in [2.75, 3.05) is 0 Å². The summed E-state index contributed by atoms with van der Waals surface area (Å²) in [6.45, 7) is 0.454. The quantitative estimate of drug-likeness (QED) is 0.248. The number of nitro groups is 1. The van der Waals surface area contributed by atoms with Gasteiger partial charge in [0.15, 0.2) is 0 Å². The minimum Gasteiger partial charge on any atom is -0.316 e. The van der Waals surface area contributed by atoms with E-state index in [0.717, 1.165) is 18.2 Å². The molecule has 0 atom stereocenters. The van der Waals surface area contributed by atoms with Gasteiger partial charge in [0, 0.05) is 18.2 Å². The lowest BCUT2D eigenvalue weighted by Gasteiger charge is -2.29. The summed E-state index contributed by atoms with van der Waals surface area (Å²) in [4.78, 5) is 16.1. The number of nitro benzene ring substituents is 1. The Morgan fingerprint density at radius 1 is 0.971 bits per heavy atom. The summed E-state index contributed by atoms with van der Waals surface area (Å²) >= 11 is 0. The Balaban J connectivity index is 2.26. The highest BCUT2D eigenvalue weighted by molar-refractivity contribution is 5.76. The summed E-state index contributed by atoms with van der Waals surface area (Å²) in [6.07, 6.45) is -18.1. The molecule has 0 bridgehead atoms. The van der Waals surface area contributed by atoms with Crippen molar-refractivity contribution in [3.8, 4) is 0 Å². The van der Waals surface area contributed by atoms with Gasteiger partial charge in [0.05, 0.1) is 22.3 Å². The number of imidazole rings is 1. The van der Waals surface area contributed by atoms with Gasteiger partial charge in [-0.3, -0.25) is 15.1 Å². The van der Waals surface area contributed by atoms with Crippen LogP contribution in [0.1, 0.15) is 22.6 Å². The van der Waals surface area contributed by atoms with Gasteiger partial charge in [-0.1, -0.05) is 6.07 Å². The normalized spacial score (nSPS) is 13.5. The van der Waals surface area contributed by atoms with Crippen molar-refractivity contribution in [2.45, 2.75) is 37.7 Å². The fourth-order valence-electron chi connectivity index (χ4n) is 3.25. The fourth-order valence-corrected chi connectivity index (χ4v) is 3.25. The topological polar surface area (TPSA) is 73.8 Å². The van der Waals surface area contributed by atoms with Crippen LogP contribution in [0, 0.1) is 17.0 Å². The first-order valence-corrected chi connectivity index (χ1v) is 8.88. The summed E-state index contributed by atoms with van der Waals surface area (Å²) in [5.74, 6) is -1.71. The number of nitrogens with zero attached hydrogens (tertiary/aromatic N) is 4. The van der Waals surface area contributed by atoms with Gasteiger partial charge in [-0.2, -0.15) is 39.5 Å². The van der Waals surface area contributed by atoms with Gasteiger partial charge in [-0.05, 0) is 24.6 Å². The van der Waals surface area contributed by atoms with Gasteiger partial charge in [-0.25, -0.2) is 9.37 Å². The number of halogens is 10. The van der Waals surface area contributed by atoms with Gasteiger partial charge in [0.1, 0.15) is 5.52 Å². The molecule has 3 aromatic rings. The zero-order chi connectivity index (χ0) is 25.9. The average Bonchev–Trinajstić information content (AvgIpc) is 3.03. The Labute approximate surface area is 182 Å². The first-order valence-electron chi connectivity index (χ1n) is 8.88. The number of aromatic nitrogens is 3. The standard InChI is InChI=1S/C18H10F10N4O2/c1-8-4-9(2-3-11(8)32(33)34)7-31-12-5-13(15(19,17(23,24)25)18(26,27)28)29-6-10(12)30-14(31)16(20,21)22/h2-6H,7H2,1H3. The smallest absolute Gasteiger partial charge is 0.316 e. The minimum absolute atomic E-state index is 0.0237. The molecule has 0 aliphatic rings. The van der Waals surface area contributed by atoms with Crippen molar-refractivity contribution in [3.63, 3.8) is 0 Å². The van der Waals surface area contributed by atoms with Gasteiger partial charge in [-0.15, -0.1) is 0 Å². The van der Waals surface area contributed by atoms with E-state index in [1.165, 1.54) is 6.92 Å². The molecule has 184 valence electrons. The lowest BCUT2D eigenvalue weighted by Crippen LogP contribution is -2.50. The molecule has 1 aromatic carbocycles. The second-order valence-electron chi connectivity index (χ2n) is 7.11. The molecule has 34 heavy (non-hydrogen) atoms. The van der Waals surface area contributed by atoms with Crippen molar-refractivity contribution in [2.24, 2.45) is 0 Å². The highest BCUT2D eigenvalue weighted by Gasteiger charge is 2.74. The van der Waals surface area contributed by atoms with E-state index in [9.17, 15) is 54.0 Å². The van der Waals surface area contributed by atoms with Crippen LogP contribution in [0.15, 0.2) is 30.5 Å². The second kappa shape index (κ2) is 7.80. The van der Waals surface area contributed by atoms with Crippen LogP contribution in [0.3, 0.4) is 0 Å². The van der Waals surface area contributed by atoms with Gasteiger partial charge < -0.3 is 4.57 Å². The van der Waals surface area contributed by atoms with E-state index in [-0.39, 0.29) is 33.6 Å². The third kappa shape index (κ3) is 4.11. The largest absolute Gasteiger partial charge is 0.449 e. The molecule has 0 saturated heterocycles. The third-order valence-corrected chi connectivity index (χ3v) is 4.82. The summed E-state index contributed by atoms with van der Waals surface area (Å²) in [5.41, 5.74) is -10.2. The van der Waals surface area contributed by atoms with Crippen LogP contribution in [0.4, 0.5) is 49.6 Å². The number of rotatable bonds is 4. The summed E-state index contributed by atoms with van der Waals surface area (Å²) in [5, 5.41) is 10.9. The predicted molar refractivity (Wildman–Crippen MR) is 94.4 cm³/mol. The molecule has 2 heterocycles. The van der Waals surface area contributed by atoms with E-state index in [1.54, 1.807) is 0 Å². The molecule has 0 aliphatic heterocycles. The monoisotopic (exact) mass is 504 g/mol. The van der Waals surface area contributed by atoms with E-state index in [2.05, 4.69) is 9.97 Å². The molecule has 16 heteroatoms. The fraction of sp³-hybridized carbons (Fsp3) is 0.333. The van der Waals surface area contributed by atoms with Crippen LogP contribution >= 0.6 is 0 Å². The molecule has 6 nitrogen and oxygen atoms in total. The molecule has 2 aromatic heterocycles. The van der Waals surface area contributed by atoms with Crippen molar-refractivity contribution in [1.29, 1.82) is 0 Å². The highest BCUT2D eigenvalue weighted by Crippen LogP contribution is 2.53. The zero-order valence-electron chi connectivity index (χ0n) is 16.5. The maximum absolute atomic E-state index is 14.4. The van der Waals surface area contributed by atoms with E-state index in [0.29, 0.717) is 0 Å². The number of pyridine rings is 1. The zero-order valence-corrected chi connectivity index (χ0v) is 16.5. The summed E-state index contributed by atoms with van der Waals surface area (Å²) in [7, 11) is 0. The third-order valence-electron chi connectivity index (χ3n) is 4.82. The Kier molecular flexibility index (Phi) is 5.77. The van der Waals surface area contributed by atoms with Crippen molar-refractivity contribution in [1.82, 2.24) is 14.5 Å². The second-order valence-corrected chi connectivity index (χ2v) is 7.11. The number of benzene rings is 1. The molecule has 0 N–H and O–H groups in total. The van der Waals surface area contributed by atoms with Crippen LogP contribution in [0.2, 0.25) is 0 Å². The van der Waals surface area contributed by atoms with Crippen molar-refractivity contribution in [3.05, 3.63) is 63.2 Å². The Morgan fingerprint density at radius 3 is 2.03 bits per heavy atom. The molecule has 0 fully saturated rings. The van der Waals surface area contributed by atoms with Crippen LogP contribution in [-0.4, -0.2) is 31.8 Å². The Bertz CT molecular complexity index is 1250. The predicted octanol–water partition coefficient (Wildman–Crippen LogP) is 6.00. The van der Waals surface area contributed by atoms with Crippen LogP contribution in [0.25, 0.3) is 11.0 Å². The summed E-state index contributed by atoms with van der Waals surface area (Å²) < 4.78 is 134. The van der Waals surface area contributed by atoms with Gasteiger partial charge in [0.25, 0.3) is 5.69 Å². The molecule has 0 radical (unpaired) electrons. The van der Waals surface area contributed by atoms with E-state index in [4.69, 9.17) is 0 Å². The van der Waals surface area contributed by atoms with Gasteiger partial charge >= 0.3 is 24.2 Å². The maximum Gasteiger partial charge on any atom is 0.449 e. The first kappa shape index (κ1) is 25.2. The van der Waals surface area contributed by atoms with Crippen LogP contribution < -0.4 is 0 Å². The SMILES string of the molecule is Cc1cc(Cn2c(C(F)(F)F)nc3cnc(C(F)(C(F)(F)F)C(F)(F)F)cc32)ccc1[N+](=O)[O-]. The lowest BCUT2D eigenvalue weighted by atomic mass is 9.99.